The molecule has 1 atom stereocenters. The number of hydrogen-bond donors (Lipinski definition) is 0. The highest BCUT2D eigenvalue weighted by molar-refractivity contribution is 8.00. The molecule has 27 heavy (non-hydrogen) atoms. The molecule has 0 aromatic heterocycles. The molecule has 7 heteroatoms. The number of thioether (sulfide) groups is 1. The van der Waals surface area contributed by atoms with Gasteiger partial charge in [-0.2, -0.15) is 0 Å². The number of benzene rings is 2. The molecule has 2 aromatic carbocycles. The molecule has 0 radical (unpaired) electrons. The van der Waals surface area contributed by atoms with E-state index in [4.69, 9.17) is 21.1 Å². The number of ether oxygens (including phenoxy) is 2. The lowest BCUT2D eigenvalue weighted by Crippen LogP contribution is -2.36. The van der Waals surface area contributed by atoms with Crippen molar-refractivity contribution in [3.05, 3.63) is 53.6 Å². The third kappa shape index (κ3) is 5.40. The van der Waals surface area contributed by atoms with Gasteiger partial charge < -0.3 is 14.4 Å². The SMILES string of the molecule is C[C@H]1CCN(C(=O)COC(=O)COc2ccc(Cl)cc2)c2ccccc2S1. The third-order valence-corrected chi connectivity index (χ3v) is 5.56. The second kappa shape index (κ2) is 9.15. The second-order valence-electron chi connectivity index (χ2n) is 6.13. The predicted molar refractivity (Wildman–Crippen MR) is 107 cm³/mol. The van der Waals surface area contributed by atoms with E-state index in [1.165, 1.54) is 0 Å². The van der Waals surface area contributed by atoms with E-state index in [1.807, 2.05) is 24.3 Å². The van der Waals surface area contributed by atoms with Crippen molar-refractivity contribution in [3.63, 3.8) is 0 Å². The molecule has 1 aliphatic heterocycles. The van der Waals surface area contributed by atoms with E-state index in [1.54, 1.807) is 40.9 Å². The van der Waals surface area contributed by atoms with Crippen LogP contribution in [-0.2, 0) is 14.3 Å². The molecule has 0 bridgehead atoms. The van der Waals surface area contributed by atoms with Gasteiger partial charge in [0.2, 0.25) is 0 Å². The van der Waals surface area contributed by atoms with E-state index in [2.05, 4.69) is 6.92 Å². The fourth-order valence-electron chi connectivity index (χ4n) is 2.68. The van der Waals surface area contributed by atoms with Gasteiger partial charge in [-0.3, -0.25) is 4.79 Å². The van der Waals surface area contributed by atoms with Crippen molar-refractivity contribution in [2.75, 3.05) is 24.7 Å². The Bertz CT molecular complexity index is 812. The summed E-state index contributed by atoms with van der Waals surface area (Å²) in [5, 5.41) is 1.00. The van der Waals surface area contributed by atoms with Crippen LogP contribution in [-0.4, -0.2) is 36.9 Å². The number of nitrogens with zero attached hydrogens (tertiary/aromatic N) is 1. The smallest absolute Gasteiger partial charge is 0.344 e. The monoisotopic (exact) mass is 405 g/mol. The van der Waals surface area contributed by atoms with Gasteiger partial charge in [-0.25, -0.2) is 4.79 Å². The van der Waals surface area contributed by atoms with Crippen molar-refractivity contribution < 1.29 is 19.1 Å². The molecule has 5 nitrogen and oxygen atoms in total. The Morgan fingerprint density at radius 1 is 1.15 bits per heavy atom. The molecule has 3 rings (SSSR count). The number of rotatable bonds is 5. The largest absolute Gasteiger partial charge is 0.482 e. The number of esters is 1. The maximum absolute atomic E-state index is 12.6. The summed E-state index contributed by atoms with van der Waals surface area (Å²) in [6.07, 6.45) is 0.874. The lowest BCUT2D eigenvalue weighted by atomic mass is 10.2. The van der Waals surface area contributed by atoms with E-state index in [9.17, 15) is 9.59 Å². The Balaban J connectivity index is 1.54. The number of carbonyl (C=O) groups excluding carboxylic acids is 2. The lowest BCUT2D eigenvalue weighted by molar-refractivity contribution is -0.149. The third-order valence-electron chi connectivity index (χ3n) is 4.07. The first-order valence-electron chi connectivity index (χ1n) is 8.63. The zero-order valence-electron chi connectivity index (χ0n) is 14.9. The van der Waals surface area contributed by atoms with Gasteiger partial charge in [0.05, 0.1) is 5.69 Å². The highest BCUT2D eigenvalue weighted by Crippen LogP contribution is 2.37. The highest BCUT2D eigenvalue weighted by atomic mass is 35.5. The maximum atomic E-state index is 12.6. The van der Waals surface area contributed by atoms with Gasteiger partial charge in [-0.1, -0.05) is 30.7 Å². The lowest BCUT2D eigenvalue weighted by Gasteiger charge is -2.22. The van der Waals surface area contributed by atoms with E-state index in [-0.39, 0.29) is 19.1 Å². The minimum atomic E-state index is -0.593. The molecular weight excluding hydrogens is 386 g/mol. The minimum Gasteiger partial charge on any atom is -0.482 e. The molecule has 0 spiro atoms. The number of carbonyl (C=O) groups is 2. The normalized spacial score (nSPS) is 16.2. The van der Waals surface area contributed by atoms with Crippen molar-refractivity contribution in [1.29, 1.82) is 0 Å². The standard InChI is InChI=1S/C20H20ClNO4S/c1-14-10-11-22(17-4-2-3-5-18(17)27-14)19(23)12-26-20(24)13-25-16-8-6-15(21)7-9-16/h2-9,14H,10-13H2,1H3/t14-/m0/s1. The summed E-state index contributed by atoms with van der Waals surface area (Å²) in [7, 11) is 0. The number of hydrogen-bond acceptors (Lipinski definition) is 5. The minimum absolute atomic E-state index is 0.239. The van der Waals surface area contributed by atoms with E-state index < -0.39 is 5.97 Å². The molecule has 1 amide bonds. The van der Waals surface area contributed by atoms with Crippen LogP contribution in [0.15, 0.2) is 53.4 Å². The zero-order valence-corrected chi connectivity index (χ0v) is 16.5. The van der Waals surface area contributed by atoms with Crippen LogP contribution in [0.4, 0.5) is 5.69 Å². The number of halogens is 1. The van der Waals surface area contributed by atoms with Gasteiger partial charge in [-0.15, -0.1) is 11.8 Å². The van der Waals surface area contributed by atoms with Gasteiger partial charge in [0, 0.05) is 21.7 Å². The molecule has 0 N–H and O–H groups in total. The summed E-state index contributed by atoms with van der Waals surface area (Å²) in [5.41, 5.74) is 0.866. The summed E-state index contributed by atoms with van der Waals surface area (Å²) in [6.45, 7) is 2.17. The van der Waals surface area contributed by atoms with Gasteiger partial charge in [0.15, 0.2) is 13.2 Å². The fraction of sp³-hybridized carbons (Fsp3) is 0.300. The summed E-state index contributed by atoms with van der Waals surface area (Å²) in [6, 6.07) is 14.4. The van der Waals surface area contributed by atoms with E-state index in [0.717, 1.165) is 17.0 Å². The Morgan fingerprint density at radius 2 is 1.89 bits per heavy atom. The average molecular weight is 406 g/mol. The molecule has 142 valence electrons. The van der Waals surface area contributed by atoms with Crippen molar-refractivity contribution >= 4 is 40.9 Å². The number of para-hydroxylation sites is 1. The van der Waals surface area contributed by atoms with E-state index in [0.29, 0.717) is 22.6 Å². The summed E-state index contributed by atoms with van der Waals surface area (Å²) < 4.78 is 10.4. The quantitative estimate of drug-likeness (QED) is 0.698. The topological polar surface area (TPSA) is 55.8 Å². The Hall–Kier alpha value is -2.18. The summed E-state index contributed by atoms with van der Waals surface area (Å²) in [5.74, 6) is -0.323. The van der Waals surface area contributed by atoms with Crippen molar-refractivity contribution in [1.82, 2.24) is 0 Å². The van der Waals surface area contributed by atoms with Gasteiger partial charge in [0.1, 0.15) is 5.75 Å². The number of anilines is 1. The van der Waals surface area contributed by atoms with Crippen LogP contribution in [0.5, 0.6) is 5.75 Å². The first-order chi connectivity index (χ1) is 13.0. The highest BCUT2D eigenvalue weighted by Gasteiger charge is 2.24. The molecule has 1 aliphatic rings. The number of amides is 1. The van der Waals surface area contributed by atoms with Crippen LogP contribution in [0.1, 0.15) is 13.3 Å². The molecule has 0 aliphatic carbocycles. The molecule has 0 saturated heterocycles. The molecule has 1 heterocycles. The Labute approximate surface area is 167 Å². The fourth-order valence-corrected chi connectivity index (χ4v) is 3.92. The van der Waals surface area contributed by atoms with Crippen molar-refractivity contribution in [2.45, 2.75) is 23.5 Å². The first kappa shape index (κ1) is 19.6. The second-order valence-corrected chi connectivity index (χ2v) is 8.05. The average Bonchev–Trinajstić information content (AvgIpc) is 2.84. The summed E-state index contributed by atoms with van der Waals surface area (Å²) in [4.78, 5) is 27.3. The van der Waals surface area contributed by atoms with Crippen LogP contribution in [0.2, 0.25) is 5.02 Å². The number of fused-ring (bicyclic) bond motifs is 1. The first-order valence-corrected chi connectivity index (χ1v) is 9.89. The van der Waals surface area contributed by atoms with Crippen LogP contribution in [0, 0.1) is 0 Å². The van der Waals surface area contributed by atoms with Crippen molar-refractivity contribution in [2.24, 2.45) is 0 Å². The van der Waals surface area contributed by atoms with Crippen LogP contribution in [0.3, 0.4) is 0 Å². The van der Waals surface area contributed by atoms with Crippen LogP contribution in [0.25, 0.3) is 0 Å². The maximum Gasteiger partial charge on any atom is 0.344 e. The molecule has 0 fully saturated rings. The molecule has 2 aromatic rings. The van der Waals surface area contributed by atoms with Crippen LogP contribution < -0.4 is 9.64 Å². The van der Waals surface area contributed by atoms with Crippen molar-refractivity contribution in [3.8, 4) is 5.75 Å². The zero-order chi connectivity index (χ0) is 19.2. The van der Waals surface area contributed by atoms with Gasteiger partial charge >= 0.3 is 5.97 Å². The Kier molecular flexibility index (Phi) is 6.63. The molecular formula is C20H20ClNO4S. The van der Waals surface area contributed by atoms with Crippen LogP contribution >= 0.6 is 23.4 Å². The van der Waals surface area contributed by atoms with Gasteiger partial charge in [-0.05, 0) is 42.8 Å². The molecule has 0 saturated carbocycles. The molecule has 0 unspecified atom stereocenters. The predicted octanol–water partition coefficient (Wildman–Crippen LogP) is 4.18. The van der Waals surface area contributed by atoms with E-state index >= 15 is 0 Å². The summed E-state index contributed by atoms with van der Waals surface area (Å²) >= 11 is 7.55. The Morgan fingerprint density at radius 3 is 2.67 bits per heavy atom. The van der Waals surface area contributed by atoms with Gasteiger partial charge in [0.25, 0.3) is 5.91 Å².